The minimum Gasteiger partial charge on any atom is -0.323 e. The maximum atomic E-state index is 12.2. The smallest absolute Gasteiger partial charge is 0.240 e. The summed E-state index contributed by atoms with van der Waals surface area (Å²) in [5.41, 5.74) is 5.81. The third-order valence-electron chi connectivity index (χ3n) is 3.10. The molecule has 1 amide bonds. The zero-order valence-corrected chi connectivity index (χ0v) is 12.6. The van der Waals surface area contributed by atoms with Crippen LogP contribution in [0.15, 0.2) is 0 Å². The van der Waals surface area contributed by atoms with E-state index in [2.05, 4.69) is 0 Å². The van der Waals surface area contributed by atoms with Crippen LogP contribution in [0.4, 0.5) is 0 Å². The maximum Gasteiger partial charge on any atom is 0.240 e. The van der Waals surface area contributed by atoms with E-state index in [0.717, 1.165) is 12.2 Å². The molecule has 7 heteroatoms. The molecule has 1 saturated heterocycles. The summed E-state index contributed by atoms with van der Waals surface area (Å²) in [7, 11) is -3.24. The molecular formula is C11H22N2O3S2. The van der Waals surface area contributed by atoms with Gasteiger partial charge in [-0.15, -0.1) is 0 Å². The van der Waals surface area contributed by atoms with Gasteiger partial charge in [-0.1, -0.05) is 20.3 Å². The van der Waals surface area contributed by atoms with Gasteiger partial charge in [-0.05, 0) is 6.42 Å². The van der Waals surface area contributed by atoms with Gasteiger partial charge in [0.15, 0.2) is 9.84 Å². The van der Waals surface area contributed by atoms with Gasteiger partial charge in [0.2, 0.25) is 5.91 Å². The molecule has 1 aliphatic heterocycles. The van der Waals surface area contributed by atoms with E-state index in [1.807, 2.05) is 6.92 Å². The van der Waals surface area contributed by atoms with Gasteiger partial charge in [0, 0.05) is 23.8 Å². The topological polar surface area (TPSA) is 80.5 Å². The fraction of sp³-hybridized carbons (Fsp3) is 0.909. The van der Waals surface area contributed by atoms with Gasteiger partial charge < -0.3 is 10.6 Å². The third kappa shape index (κ3) is 3.61. The first-order chi connectivity index (χ1) is 8.44. The van der Waals surface area contributed by atoms with Gasteiger partial charge in [0.05, 0.1) is 6.04 Å². The number of hydrogen-bond acceptors (Lipinski definition) is 5. The molecule has 2 atom stereocenters. The monoisotopic (exact) mass is 294 g/mol. The third-order valence-corrected chi connectivity index (χ3v) is 6.39. The fourth-order valence-corrected chi connectivity index (χ4v) is 4.94. The Labute approximate surface area is 113 Å². The highest BCUT2D eigenvalue weighted by atomic mass is 32.2. The molecule has 0 spiro atoms. The van der Waals surface area contributed by atoms with E-state index >= 15 is 0 Å². The van der Waals surface area contributed by atoms with Crippen molar-refractivity contribution in [2.45, 2.75) is 38.1 Å². The van der Waals surface area contributed by atoms with Crippen LogP contribution in [0.5, 0.6) is 0 Å². The first kappa shape index (κ1) is 15.8. The summed E-state index contributed by atoms with van der Waals surface area (Å²) in [5.74, 6) is 1.07. The summed E-state index contributed by atoms with van der Waals surface area (Å²) in [6, 6.07) is -0.576. The molecule has 0 saturated carbocycles. The normalized spacial score (nSPS) is 22.8. The van der Waals surface area contributed by atoms with Crippen LogP contribution < -0.4 is 5.73 Å². The van der Waals surface area contributed by atoms with Crippen molar-refractivity contribution in [3.05, 3.63) is 0 Å². The zero-order chi connectivity index (χ0) is 13.8. The van der Waals surface area contributed by atoms with E-state index in [-0.39, 0.29) is 11.7 Å². The Morgan fingerprint density at radius 2 is 2.17 bits per heavy atom. The first-order valence-electron chi connectivity index (χ1n) is 6.29. The summed E-state index contributed by atoms with van der Waals surface area (Å²) in [4.78, 5) is 13.7. The molecule has 1 aliphatic rings. The standard InChI is InChI=1S/C11H22N2O3S2/c1-3-5-9(12)11(14)13-6-7-17-8-10(13)18(15,16)4-2/h9-10H,3-8,12H2,1-2H3/t9-,10?/m0/s1. The highest BCUT2D eigenvalue weighted by Crippen LogP contribution is 2.22. The SMILES string of the molecule is CCC[C@H](N)C(=O)N1CCSCC1S(=O)(=O)CC. The predicted octanol–water partition coefficient (Wildman–Crippen LogP) is 0.450. The first-order valence-corrected chi connectivity index (χ1v) is 9.16. The van der Waals surface area contributed by atoms with Crippen molar-refractivity contribution in [3.8, 4) is 0 Å². The van der Waals surface area contributed by atoms with Gasteiger partial charge in [-0.2, -0.15) is 11.8 Å². The average Bonchev–Trinajstić information content (AvgIpc) is 2.38. The largest absolute Gasteiger partial charge is 0.323 e. The fourth-order valence-electron chi connectivity index (χ4n) is 1.97. The minimum atomic E-state index is -3.24. The Hall–Kier alpha value is -0.270. The molecule has 0 aromatic heterocycles. The molecule has 0 bridgehead atoms. The number of carbonyl (C=O) groups is 1. The lowest BCUT2D eigenvalue weighted by Crippen LogP contribution is -2.55. The average molecular weight is 294 g/mol. The van der Waals surface area contributed by atoms with Crippen molar-refractivity contribution in [1.82, 2.24) is 4.90 Å². The zero-order valence-electron chi connectivity index (χ0n) is 11.0. The lowest BCUT2D eigenvalue weighted by Gasteiger charge is -2.36. The number of sulfone groups is 1. The van der Waals surface area contributed by atoms with Gasteiger partial charge in [-0.3, -0.25) is 4.79 Å². The summed E-state index contributed by atoms with van der Waals surface area (Å²) < 4.78 is 24.0. The second kappa shape index (κ2) is 6.77. The van der Waals surface area contributed by atoms with E-state index in [9.17, 15) is 13.2 Å². The summed E-state index contributed by atoms with van der Waals surface area (Å²) in [6.45, 7) is 4.05. The van der Waals surface area contributed by atoms with Crippen LogP contribution in [0.3, 0.4) is 0 Å². The van der Waals surface area contributed by atoms with E-state index in [4.69, 9.17) is 5.73 Å². The number of rotatable bonds is 5. The molecule has 1 fully saturated rings. The Morgan fingerprint density at radius 3 is 2.72 bits per heavy atom. The number of hydrogen-bond donors (Lipinski definition) is 1. The van der Waals surface area contributed by atoms with E-state index in [1.165, 1.54) is 4.90 Å². The molecular weight excluding hydrogens is 272 g/mol. The van der Waals surface area contributed by atoms with Crippen molar-refractivity contribution in [1.29, 1.82) is 0 Å². The van der Waals surface area contributed by atoms with Crippen molar-refractivity contribution in [2.24, 2.45) is 5.73 Å². The van der Waals surface area contributed by atoms with E-state index in [0.29, 0.717) is 18.7 Å². The number of thioether (sulfide) groups is 1. The molecule has 0 aliphatic carbocycles. The van der Waals surface area contributed by atoms with Crippen LogP contribution in [-0.2, 0) is 14.6 Å². The molecule has 1 unspecified atom stereocenters. The number of nitrogens with zero attached hydrogens (tertiary/aromatic N) is 1. The molecule has 5 nitrogen and oxygen atoms in total. The molecule has 1 rings (SSSR count). The lowest BCUT2D eigenvalue weighted by molar-refractivity contribution is -0.133. The van der Waals surface area contributed by atoms with Gasteiger partial charge in [0.25, 0.3) is 0 Å². The van der Waals surface area contributed by atoms with Crippen molar-refractivity contribution in [2.75, 3.05) is 23.8 Å². The van der Waals surface area contributed by atoms with Crippen molar-refractivity contribution >= 4 is 27.5 Å². The van der Waals surface area contributed by atoms with Gasteiger partial charge >= 0.3 is 0 Å². The Bertz CT molecular complexity index is 384. The molecule has 0 aromatic carbocycles. The highest BCUT2D eigenvalue weighted by Gasteiger charge is 2.37. The molecule has 1 heterocycles. The molecule has 0 aromatic rings. The van der Waals surface area contributed by atoms with Crippen LogP contribution >= 0.6 is 11.8 Å². The van der Waals surface area contributed by atoms with Crippen LogP contribution in [0, 0.1) is 0 Å². The van der Waals surface area contributed by atoms with Gasteiger partial charge in [0.1, 0.15) is 5.37 Å². The van der Waals surface area contributed by atoms with Crippen LogP contribution in [-0.4, -0.2) is 54.4 Å². The number of nitrogens with two attached hydrogens (primary N) is 1. The second-order valence-electron chi connectivity index (χ2n) is 4.41. The minimum absolute atomic E-state index is 0.0605. The quantitative estimate of drug-likeness (QED) is 0.796. The van der Waals surface area contributed by atoms with Crippen molar-refractivity contribution in [3.63, 3.8) is 0 Å². The van der Waals surface area contributed by atoms with E-state index < -0.39 is 21.3 Å². The second-order valence-corrected chi connectivity index (χ2v) is 8.00. The predicted molar refractivity (Wildman–Crippen MR) is 75.2 cm³/mol. The lowest BCUT2D eigenvalue weighted by atomic mass is 10.1. The Morgan fingerprint density at radius 1 is 1.50 bits per heavy atom. The van der Waals surface area contributed by atoms with Crippen LogP contribution in [0.1, 0.15) is 26.7 Å². The highest BCUT2D eigenvalue weighted by molar-refractivity contribution is 8.01. The number of carbonyl (C=O) groups excluding carboxylic acids is 1. The van der Waals surface area contributed by atoms with Crippen molar-refractivity contribution < 1.29 is 13.2 Å². The molecule has 18 heavy (non-hydrogen) atoms. The summed E-state index contributed by atoms with van der Waals surface area (Å²) >= 11 is 1.58. The van der Waals surface area contributed by atoms with Crippen LogP contribution in [0.25, 0.3) is 0 Å². The Kier molecular flexibility index (Phi) is 5.94. The van der Waals surface area contributed by atoms with Gasteiger partial charge in [-0.25, -0.2) is 8.42 Å². The maximum absolute atomic E-state index is 12.2. The summed E-state index contributed by atoms with van der Waals surface area (Å²) in [6.07, 6.45) is 1.42. The van der Waals surface area contributed by atoms with E-state index in [1.54, 1.807) is 18.7 Å². The Balaban J connectivity index is 2.86. The molecule has 0 radical (unpaired) electrons. The van der Waals surface area contributed by atoms with Crippen LogP contribution in [0.2, 0.25) is 0 Å². The molecule has 106 valence electrons. The molecule has 2 N–H and O–H groups in total. The summed E-state index contributed by atoms with van der Waals surface area (Å²) in [5, 5.41) is -0.698. The number of amides is 1.